The van der Waals surface area contributed by atoms with Gasteiger partial charge in [-0.3, -0.25) is 0 Å². The second-order valence-electron chi connectivity index (χ2n) is 8.67. The molecule has 2 aliphatic rings. The highest BCUT2D eigenvalue weighted by Gasteiger charge is 2.44. The number of ether oxygens (including phenoxy) is 1. The fraction of sp³-hybridized carbons (Fsp3) is 0.650. The predicted octanol–water partition coefficient (Wildman–Crippen LogP) is 3.77. The zero-order valence-corrected chi connectivity index (χ0v) is 17.5. The van der Waals surface area contributed by atoms with Gasteiger partial charge in [0, 0.05) is 31.2 Å². The van der Waals surface area contributed by atoms with E-state index >= 15 is 0 Å². The average molecular weight is 408 g/mol. The van der Waals surface area contributed by atoms with E-state index < -0.39 is 5.82 Å². The van der Waals surface area contributed by atoms with Gasteiger partial charge in [0.05, 0.1) is 12.0 Å². The van der Waals surface area contributed by atoms with Crippen molar-refractivity contribution in [3.05, 3.63) is 17.2 Å². The number of pyridine rings is 1. The maximum atomic E-state index is 14.7. The predicted molar refractivity (Wildman–Crippen MR) is 109 cm³/mol. The SMILES string of the molecule is CC1CCCN(c2nc(OCC3(CN(C)C)CC3)nc3c(F)c(Cl)ncc23)C1. The van der Waals surface area contributed by atoms with Gasteiger partial charge in [-0.05, 0) is 45.7 Å². The second kappa shape index (κ2) is 7.59. The van der Waals surface area contributed by atoms with Crippen LogP contribution in [-0.4, -0.2) is 60.2 Å². The number of aromatic nitrogens is 3. The van der Waals surface area contributed by atoms with Crippen LogP contribution in [0.15, 0.2) is 6.20 Å². The van der Waals surface area contributed by atoms with Gasteiger partial charge in [-0.2, -0.15) is 9.97 Å². The summed E-state index contributed by atoms with van der Waals surface area (Å²) in [6.07, 6.45) is 6.08. The van der Waals surface area contributed by atoms with Crippen LogP contribution in [0.3, 0.4) is 0 Å². The summed E-state index contributed by atoms with van der Waals surface area (Å²) in [5, 5.41) is 0.402. The van der Waals surface area contributed by atoms with Gasteiger partial charge in [0.25, 0.3) is 0 Å². The maximum absolute atomic E-state index is 14.7. The summed E-state index contributed by atoms with van der Waals surface area (Å²) in [5.41, 5.74) is 0.325. The molecule has 1 atom stereocenters. The van der Waals surface area contributed by atoms with Crippen molar-refractivity contribution in [3.8, 4) is 6.01 Å². The molecule has 6 nitrogen and oxygen atoms in total. The Kier molecular flexibility index (Phi) is 5.31. The summed E-state index contributed by atoms with van der Waals surface area (Å²) in [5.74, 6) is 0.627. The van der Waals surface area contributed by atoms with E-state index in [2.05, 4.69) is 45.8 Å². The van der Waals surface area contributed by atoms with E-state index in [9.17, 15) is 4.39 Å². The van der Waals surface area contributed by atoms with E-state index in [-0.39, 0.29) is 22.1 Å². The first-order chi connectivity index (χ1) is 13.4. The molecule has 0 bridgehead atoms. The van der Waals surface area contributed by atoms with Crippen LogP contribution in [0.25, 0.3) is 10.9 Å². The monoisotopic (exact) mass is 407 g/mol. The number of halogens is 2. The summed E-state index contributed by atoms with van der Waals surface area (Å²) < 4.78 is 20.7. The quantitative estimate of drug-likeness (QED) is 0.679. The lowest BCUT2D eigenvalue weighted by Gasteiger charge is -2.32. The number of piperidine rings is 1. The molecular weight excluding hydrogens is 381 g/mol. The van der Waals surface area contributed by atoms with Crippen LogP contribution in [0.4, 0.5) is 10.2 Å². The molecule has 8 heteroatoms. The van der Waals surface area contributed by atoms with Crippen LogP contribution in [0.5, 0.6) is 6.01 Å². The number of hydrogen-bond acceptors (Lipinski definition) is 6. The van der Waals surface area contributed by atoms with Gasteiger partial charge in [-0.1, -0.05) is 18.5 Å². The lowest BCUT2D eigenvalue weighted by molar-refractivity contribution is 0.183. The topological polar surface area (TPSA) is 54.4 Å². The van der Waals surface area contributed by atoms with Crippen molar-refractivity contribution >= 4 is 28.3 Å². The highest BCUT2D eigenvalue weighted by Crippen LogP contribution is 2.46. The molecule has 152 valence electrons. The molecule has 1 unspecified atom stereocenters. The van der Waals surface area contributed by atoms with Crippen molar-refractivity contribution < 1.29 is 9.13 Å². The number of anilines is 1. The summed E-state index contributed by atoms with van der Waals surface area (Å²) in [7, 11) is 4.12. The Balaban J connectivity index is 1.68. The van der Waals surface area contributed by atoms with Crippen molar-refractivity contribution in [3.63, 3.8) is 0 Å². The molecule has 1 saturated heterocycles. The van der Waals surface area contributed by atoms with E-state index in [1.807, 2.05) is 0 Å². The highest BCUT2D eigenvalue weighted by molar-refractivity contribution is 6.30. The minimum Gasteiger partial charge on any atom is -0.463 e. The van der Waals surface area contributed by atoms with E-state index in [0.29, 0.717) is 23.7 Å². The molecule has 0 aromatic carbocycles. The molecule has 2 aromatic rings. The van der Waals surface area contributed by atoms with Crippen LogP contribution < -0.4 is 9.64 Å². The Hall–Kier alpha value is -1.73. The molecule has 0 N–H and O–H groups in total. The first kappa shape index (κ1) is 19.6. The summed E-state index contributed by atoms with van der Waals surface area (Å²) >= 11 is 5.91. The minimum atomic E-state index is -0.618. The van der Waals surface area contributed by atoms with E-state index in [1.165, 1.54) is 6.42 Å². The highest BCUT2D eigenvalue weighted by atomic mass is 35.5. The van der Waals surface area contributed by atoms with Gasteiger partial charge in [-0.15, -0.1) is 0 Å². The molecule has 28 heavy (non-hydrogen) atoms. The fourth-order valence-corrected chi connectivity index (χ4v) is 4.24. The zero-order valence-electron chi connectivity index (χ0n) is 16.7. The summed E-state index contributed by atoms with van der Waals surface area (Å²) in [6, 6.07) is 0.215. The average Bonchev–Trinajstić information content (AvgIpc) is 3.41. The van der Waals surface area contributed by atoms with Gasteiger partial charge in [0.15, 0.2) is 11.0 Å². The number of fused-ring (bicyclic) bond motifs is 1. The molecule has 2 aromatic heterocycles. The molecule has 0 radical (unpaired) electrons. The molecule has 1 saturated carbocycles. The van der Waals surface area contributed by atoms with Crippen molar-refractivity contribution in [2.45, 2.75) is 32.6 Å². The largest absolute Gasteiger partial charge is 0.463 e. The molecular formula is C20H27ClFN5O. The molecule has 3 heterocycles. The summed E-state index contributed by atoms with van der Waals surface area (Å²) in [4.78, 5) is 17.3. The molecule has 2 fully saturated rings. The lowest BCUT2D eigenvalue weighted by Crippen LogP contribution is -2.35. The molecule has 0 amide bonds. The van der Waals surface area contributed by atoms with Crippen molar-refractivity contribution in [2.75, 3.05) is 45.2 Å². The zero-order chi connectivity index (χ0) is 19.9. The van der Waals surface area contributed by atoms with Gasteiger partial charge in [0.1, 0.15) is 11.3 Å². The van der Waals surface area contributed by atoms with Crippen molar-refractivity contribution in [2.24, 2.45) is 11.3 Å². The smallest absolute Gasteiger partial charge is 0.319 e. The third-order valence-corrected chi connectivity index (χ3v) is 5.94. The fourth-order valence-electron chi connectivity index (χ4n) is 4.10. The van der Waals surface area contributed by atoms with E-state index in [4.69, 9.17) is 16.3 Å². The van der Waals surface area contributed by atoms with Gasteiger partial charge in [-0.25, -0.2) is 9.37 Å². The van der Waals surface area contributed by atoms with Crippen LogP contribution >= 0.6 is 11.6 Å². The van der Waals surface area contributed by atoms with Gasteiger partial charge < -0.3 is 14.5 Å². The van der Waals surface area contributed by atoms with Crippen LogP contribution in [0.2, 0.25) is 5.15 Å². The molecule has 1 aliphatic heterocycles. The van der Waals surface area contributed by atoms with Crippen LogP contribution in [0, 0.1) is 17.2 Å². The minimum absolute atomic E-state index is 0.149. The molecule has 0 spiro atoms. The van der Waals surface area contributed by atoms with E-state index in [1.54, 1.807) is 6.20 Å². The number of nitrogens with zero attached hydrogens (tertiary/aromatic N) is 5. The third-order valence-electron chi connectivity index (χ3n) is 5.67. The van der Waals surface area contributed by atoms with Crippen molar-refractivity contribution in [1.82, 2.24) is 19.9 Å². The Bertz CT molecular complexity index is 873. The first-order valence-electron chi connectivity index (χ1n) is 9.91. The van der Waals surface area contributed by atoms with Crippen LogP contribution in [-0.2, 0) is 0 Å². The normalized spacial score (nSPS) is 21.4. The van der Waals surface area contributed by atoms with Crippen LogP contribution in [0.1, 0.15) is 32.6 Å². The Labute approximate surface area is 170 Å². The maximum Gasteiger partial charge on any atom is 0.319 e. The summed E-state index contributed by atoms with van der Waals surface area (Å²) in [6.45, 7) is 5.47. The molecule has 4 rings (SSSR count). The molecule has 1 aliphatic carbocycles. The standard InChI is InChI=1S/C20H27ClFN5O/c1-13-5-4-8-27(10-13)18-14-9-23-17(21)15(22)16(14)24-19(25-18)28-12-20(6-7-20)11-26(2)3/h9,13H,4-8,10-12H2,1-3H3. The number of rotatable bonds is 6. The Morgan fingerprint density at radius 2 is 2.14 bits per heavy atom. The van der Waals surface area contributed by atoms with E-state index in [0.717, 1.165) is 38.9 Å². The Morgan fingerprint density at radius 3 is 2.82 bits per heavy atom. The number of hydrogen-bond donors (Lipinski definition) is 0. The third kappa shape index (κ3) is 4.01. The van der Waals surface area contributed by atoms with Crippen molar-refractivity contribution in [1.29, 1.82) is 0 Å². The lowest BCUT2D eigenvalue weighted by atomic mass is 10.00. The van der Waals surface area contributed by atoms with Gasteiger partial charge in [0.2, 0.25) is 0 Å². The second-order valence-corrected chi connectivity index (χ2v) is 9.03. The van der Waals surface area contributed by atoms with Gasteiger partial charge >= 0.3 is 6.01 Å². The first-order valence-corrected chi connectivity index (χ1v) is 10.3. The Morgan fingerprint density at radius 1 is 1.36 bits per heavy atom.